The zero-order chi connectivity index (χ0) is 98.7. The maximum atomic E-state index is 11.2. The molecule has 20 nitrogen and oxygen atoms in total. The first-order chi connectivity index (χ1) is 65.7. The van der Waals surface area contributed by atoms with Gasteiger partial charge in [0, 0.05) is 0 Å². The lowest BCUT2D eigenvalue weighted by atomic mass is 9.87. The molecule has 794 valence electrons. The van der Waals surface area contributed by atoms with Crippen LogP contribution in [0.2, 0.25) is 0 Å². The topological polar surface area (TPSA) is 373 Å². The Morgan fingerprint density at radius 3 is 0.437 bits per heavy atom. The zero-order valence-corrected chi connectivity index (χ0v) is 83.1. The van der Waals surface area contributed by atoms with Crippen molar-refractivity contribution in [1.29, 1.82) is 0 Å². The van der Waals surface area contributed by atoms with Gasteiger partial charge in [-0.1, -0.05) is 268 Å². The summed E-state index contributed by atoms with van der Waals surface area (Å²) in [5, 5.41) is 92.4. The molecule has 0 amide bonds. The Bertz CT molecular complexity index is 4500. The zero-order valence-electron chi connectivity index (χ0n) is 83.1. The molecule has 0 atom stereocenters. The van der Waals surface area contributed by atoms with E-state index in [9.17, 15) is 99.0 Å². The highest BCUT2D eigenvalue weighted by Gasteiger charge is 2.55. The summed E-state index contributed by atoms with van der Waals surface area (Å²) < 4.78 is 0. The molecule has 0 unspecified atom stereocenters. The number of hydrogen-bond donors (Lipinski definition) is 10. The highest BCUT2D eigenvalue weighted by Crippen LogP contribution is 2.56. The van der Waals surface area contributed by atoms with E-state index in [2.05, 4.69) is 109 Å². The maximum Gasteiger partial charge on any atom is 0.309 e. The molecular weight excluding hydrogens is 1790 g/mol. The van der Waals surface area contributed by atoms with Gasteiger partial charge in [-0.25, -0.2) is 0 Å². The van der Waals surface area contributed by atoms with Gasteiger partial charge in [0.1, 0.15) is 0 Å². The fourth-order valence-corrected chi connectivity index (χ4v) is 21.0. The average Bonchev–Trinajstić information content (AvgIpc) is 1.71. The van der Waals surface area contributed by atoms with Gasteiger partial charge in [-0.3, -0.25) is 47.9 Å². The fraction of sp³-hybridized carbons (Fsp3) is 0.672. The Morgan fingerprint density at radius 2 is 0.296 bits per heavy atom. The summed E-state index contributed by atoms with van der Waals surface area (Å²) >= 11 is 0. The quantitative estimate of drug-likeness (QED) is 0.0162. The van der Waals surface area contributed by atoms with Crippen molar-refractivity contribution in [2.24, 2.45) is 54.1 Å². The maximum absolute atomic E-state index is 11.2. The standard InChI is InChI=1S/C26H40O4.C25H36O4.C24H34O4.C22H30O4.C20H26O4.5CH4/c1-25(2,23(27)28)17-11-5-3-7-13-21-15-9-10-16-22(21)14-8-4-6-12-18-26(19-20-26)24(29)30;26-22(27)24(16-17-24)14-8-2-1-4-10-20-12-6-7-13-21(20)11-5-3-9-15-25(18-19-25)23(28)29;25-21(26)23(15-16-23)13-7-1-3-9-19-11-5-6-12-20(19)10-4-2-8-14-24(17-18-24)22(27)28;23-19(24)21(13-14-21)11-5-3-9-17-7-1-2-8-18(17)10-4-6-12-22(15-16-22)20(25)26;21-17(22)19(11-12-19)9-3-7-15-5-1-2-6-16(15)8-4-10-20(13-14-20)18(23)24;;;;;/h9-10,15-16H,3-8,11-14,17-20H2,1-2H3,(H,27,28)(H,29,30);6-7,12-13H,1-5,8-11,14-19H2,(H,26,27)(H,28,29);5-6,11-12H,1-4,7-10,13-18H2,(H,25,26)(H,27,28);1-2,7-8H,3-6,9-16H2,(H,23,24)(H,25,26);1-2,5-6H,3-4,7-14H2,(H,21,22)(H,23,24);5*1H4. The van der Waals surface area contributed by atoms with E-state index in [0.717, 1.165) is 398 Å². The SMILES string of the molecule is C.C.C.C.C.CC(C)(CCCCCCc1ccccc1CCCCCCC1(C(=O)O)CC1)C(=O)O.O=C(O)C1(CCCCCCc2ccccc2CCCCCC2(C(=O)O)CC2)CC1.O=C(O)C1(CCCCCc2ccccc2CCCCCC2(C(=O)O)CC2)CC1.O=C(O)C1(CCCCc2ccccc2CCCCC2(C(=O)O)CC2)CC1.O=C(O)C1(CCCc2ccccc2CCCC2(C(=O)O)CC2)CC1. The molecule has 5 aromatic rings. The van der Waals surface area contributed by atoms with Crippen LogP contribution in [0.4, 0.5) is 0 Å². The lowest BCUT2D eigenvalue weighted by Gasteiger charge is -2.18. The van der Waals surface area contributed by atoms with Crippen LogP contribution in [-0.2, 0) is 112 Å². The second-order valence-electron chi connectivity index (χ2n) is 44.3. The summed E-state index contributed by atoms with van der Waals surface area (Å²) in [4.78, 5) is 112. The van der Waals surface area contributed by atoms with Crippen LogP contribution in [-0.4, -0.2) is 111 Å². The van der Waals surface area contributed by atoms with E-state index in [1.807, 2.05) is 26.0 Å². The first-order valence-corrected chi connectivity index (χ1v) is 53.3. The third-order valence-corrected chi connectivity index (χ3v) is 33.3. The molecule has 10 N–H and O–H groups in total. The molecule has 0 saturated heterocycles. The number of rotatable bonds is 67. The summed E-state index contributed by atoms with van der Waals surface area (Å²) in [5.74, 6) is -6.21. The van der Waals surface area contributed by atoms with Gasteiger partial charge in [-0.2, -0.15) is 0 Å². The largest absolute Gasteiger partial charge is 0.481 e. The number of aryl methyl sites for hydroxylation is 10. The second kappa shape index (κ2) is 58.8. The Hall–Kier alpha value is -9.20. The van der Waals surface area contributed by atoms with Gasteiger partial charge in [0.15, 0.2) is 0 Å². The van der Waals surface area contributed by atoms with Crippen LogP contribution < -0.4 is 0 Å². The average molecular weight is 1970 g/mol. The van der Waals surface area contributed by atoms with Crippen molar-refractivity contribution in [2.75, 3.05) is 0 Å². The molecule has 20 heteroatoms. The van der Waals surface area contributed by atoms with Crippen LogP contribution in [0.5, 0.6) is 0 Å². The number of carboxylic acid groups (broad SMARTS) is 10. The Labute approximate surface area is 853 Å². The first kappa shape index (κ1) is 123. The summed E-state index contributed by atoms with van der Waals surface area (Å²) in [6.07, 6.45) is 62.7. The Kier molecular flexibility index (Phi) is 51.1. The summed E-state index contributed by atoms with van der Waals surface area (Å²) in [5.41, 5.74) is 9.81. The molecule has 9 aliphatic rings. The molecule has 14 rings (SSSR count). The van der Waals surface area contributed by atoms with E-state index >= 15 is 0 Å². The molecule has 142 heavy (non-hydrogen) atoms. The molecule has 9 saturated carbocycles. The number of hydrogen-bond acceptors (Lipinski definition) is 10. The van der Waals surface area contributed by atoms with Crippen LogP contribution in [0.3, 0.4) is 0 Å². The highest BCUT2D eigenvalue weighted by atomic mass is 16.4. The van der Waals surface area contributed by atoms with Gasteiger partial charge >= 0.3 is 59.7 Å². The molecule has 0 spiro atoms. The van der Waals surface area contributed by atoms with Crippen molar-refractivity contribution in [1.82, 2.24) is 0 Å². The van der Waals surface area contributed by atoms with Crippen LogP contribution in [0, 0.1) is 54.1 Å². The van der Waals surface area contributed by atoms with E-state index in [1.54, 1.807) is 0 Å². The fourth-order valence-electron chi connectivity index (χ4n) is 21.0. The summed E-state index contributed by atoms with van der Waals surface area (Å²) in [6.45, 7) is 3.61. The number of aliphatic carboxylic acids is 10. The molecule has 9 aliphatic carbocycles. The lowest BCUT2D eigenvalue weighted by molar-refractivity contribution is -0.147. The first-order valence-electron chi connectivity index (χ1n) is 53.3. The Balaban J connectivity index is 0.000000310. The summed E-state index contributed by atoms with van der Waals surface area (Å²) in [7, 11) is 0. The van der Waals surface area contributed by atoms with Gasteiger partial charge in [0.25, 0.3) is 0 Å². The van der Waals surface area contributed by atoms with E-state index in [4.69, 9.17) is 0 Å². The predicted octanol–water partition coefficient (Wildman–Crippen LogP) is 30.4. The van der Waals surface area contributed by atoms with E-state index in [0.29, 0.717) is 0 Å². The molecular formula is C122H186O20. The number of benzene rings is 5. The van der Waals surface area contributed by atoms with Crippen LogP contribution in [0.1, 0.15) is 460 Å². The number of carboxylic acids is 10. The molecule has 0 aliphatic heterocycles. The van der Waals surface area contributed by atoms with Crippen LogP contribution in [0.25, 0.3) is 0 Å². The molecule has 9 fully saturated rings. The summed E-state index contributed by atoms with van der Waals surface area (Å²) in [6, 6.07) is 42.9. The smallest absolute Gasteiger partial charge is 0.309 e. The van der Waals surface area contributed by atoms with E-state index in [1.165, 1.54) is 74.9 Å². The van der Waals surface area contributed by atoms with Crippen LogP contribution >= 0.6 is 0 Å². The van der Waals surface area contributed by atoms with Crippen LogP contribution in [0.15, 0.2) is 121 Å². The van der Waals surface area contributed by atoms with Gasteiger partial charge in [0.2, 0.25) is 0 Å². The predicted molar refractivity (Wildman–Crippen MR) is 569 cm³/mol. The second-order valence-corrected chi connectivity index (χ2v) is 44.3. The van der Waals surface area contributed by atoms with Gasteiger partial charge in [-0.05, 0) is 378 Å². The number of unbranched alkanes of at least 4 members (excludes halogenated alkanes) is 17. The molecule has 0 radical (unpaired) electrons. The monoisotopic (exact) mass is 1970 g/mol. The van der Waals surface area contributed by atoms with E-state index < -0.39 is 86.8 Å². The third-order valence-electron chi connectivity index (χ3n) is 33.3. The minimum atomic E-state index is -0.703. The molecule has 0 aromatic heterocycles. The number of carbonyl (C=O) groups is 10. The minimum absolute atomic E-state index is 0. The molecule has 0 heterocycles. The van der Waals surface area contributed by atoms with Gasteiger partial charge < -0.3 is 51.1 Å². The Morgan fingerprint density at radius 1 is 0.183 bits per heavy atom. The van der Waals surface area contributed by atoms with Crippen molar-refractivity contribution < 1.29 is 99.0 Å². The van der Waals surface area contributed by atoms with E-state index in [-0.39, 0.29) is 64.2 Å². The van der Waals surface area contributed by atoms with Gasteiger partial charge in [0.05, 0.1) is 54.1 Å². The third kappa shape index (κ3) is 39.0. The van der Waals surface area contributed by atoms with Crippen molar-refractivity contribution in [3.05, 3.63) is 177 Å². The van der Waals surface area contributed by atoms with Crippen molar-refractivity contribution in [3.8, 4) is 0 Å². The van der Waals surface area contributed by atoms with Crippen molar-refractivity contribution >= 4 is 59.7 Å². The normalized spacial score (nSPS) is 17.4. The lowest BCUT2D eigenvalue weighted by Crippen LogP contribution is -2.23. The van der Waals surface area contributed by atoms with Crippen molar-refractivity contribution in [2.45, 2.75) is 468 Å². The van der Waals surface area contributed by atoms with Crippen molar-refractivity contribution in [3.63, 3.8) is 0 Å². The molecule has 0 bridgehead atoms. The highest BCUT2D eigenvalue weighted by molar-refractivity contribution is 5.81. The molecule has 5 aromatic carbocycles. The van der Waals surface area contributed by atoms with Gasteiger partial charge in [-0.15, -0.1) is 0 Å². The minimum Gasteiger partial charge on any atom is -0.481 e.